The molecule has 0 fully saturated rings. The van der Waals surface area contributed by atoms with Gasteiger partial charge in [-0.05, 0) is 70.8 Å². The van der Waals surface area contributed by atoms with Gasteiger partial charge in [-0.3, -0.25) is 4.79 Å². The number of benzene rings is 4. The van der Waals surface area contributed by atoms with Gasteiger partial charge in [-0.1, -0.05) is 99.2 Å². The second-order valence-corrected chi connectivity index (χ2v) is 12.2. The van der Waals surface area contributed by atoms with E-state index in [1.807, 2.05) is 109 Å². The normalized spacial score (nSPS) is 10.3. The van der Waals surface area contributed by atoms with Gasteiger partial charge < -0.3 is 37.9 Å². The van der Waals surface area contributed by atoms with Crippen LogP contribution in [0.25, 0.3) is 24.3 Å². The number of hydrogen-bond acceptors (Lipinski definition) is 13. The zero-order valence-corrected chi connectivity index (χ0v) is 34.1. The molecule has 0 aliphatic rings. The molecule has 0 amide bonds. The van der Waals surface area contributed by atoms with Crippen molar-refractivity contribution in [2.45, 2.75) is 6.42 Å². The van der Waals surface area contributed by atoms with Crippen molar-refractivity contribution >= 4 is 54.2 Å². The molecule has 0 atom stereocenters. The Bertz CT molecular complexity index is 2060. The Morgan fingerprint density at radius 3 is 0.887 bits per heavy atom. The minimum absolute atomic E-state index is 0.0408. The number of carbonyl (C=O) groups is 5. The summed E-state index contributed by atoms with van der Waals surface area (Å²) in [7, 11) is 0. The largest absolute Gasteiger partial charge is 0.490 e. The number of hydrogen-bond donors (Lipinski definition) is 0. The molecule has 4 aromatic rings. The third-order valence-electron chi connectivity index (χ3n) is 7.69. The van der Waals surface area contributed by atoms with Crippen molar-refractivity contribution < 1.29 is 61.9 Å². The van der Waals surface area contributed by atoms with Crippen molar-refractivity contribution in [3.05, 3.63) is 170 Å². The van der Waals surface area contributed by atoms with Crippen molar-refractivity contribution in [3.8, 4) is 23.0 Å². The van der Waals surface area contributed by atoms with Crippen LogP contribution >= 0.6 is 0 Å². The molecule has 0 saturated carbocycles. The molecule has 0 radical (unpaired) electrons. The van der Waals surface area contributed by atoms with E-state index in [9.17, 15) is 24.0 Å². The maximum absolute atomic E-state index is 11.7. The molecule has 0 N–H and O–H groups in total. The molecule has 322 valence electrons. The molecule has 4 aromatic carbocycles. The van der Waals surface area contributed by atoms with E-state index in [1.165, 1.54) is 0 Å². The maximum atomic E-state index is 11.7. The summed E-state index contributed by atoms with van der Waals surface area (Å²) in [5, 5.41) is 0. The van der Waals surface area contributed by atoms with Crippen LogP contribution < -0.4 is 18.9 Å². The Morgan fingerprint density at radius 1 is 0.355 bits per heavy atom. The van der Waals surface area contributed by atoms with Crippen molar-refractivity contribution in [1.82, 2.24) is 0 Å². The number of rotatable bonds is 24. The van der Waals surface area contributed by atoms with Crippen LogP contribution in [0.3, 0.4) is 0 Å². The van der Waals surface area contributed by atoms with Crippen LogP contribution in [0.5, 0.6) is 23.0 Å². The third-order valence-corrected chi connectivity index (χ3v) is 7.69. The second kappa shape index (κ2) is 28.5. The van der Waals surface area contributed by atoms with Crippen molar-refractivity contribution in [2.75, 3.05) is 46.2 Å². The zero-order valence-electron chi connectivity index (χ0n) is 34.1. The average Bonchev–Trinajstić information content (AvgIpc) is 3.30. The number of esters is 5. The Hall–Kier alpha value is -7.93. The molecule has 0 unspecified atom stereocenters. The van der Waals surface area contributed by atoms with Crippen LogP contribution in [0.15, 0.2) is 148 Å². The molecule has 62 heavy (non-hydrogen) atoms. The molecule has 0 aromatic heterocycles. The van der Waals surface area contributed by atoms with Gasteiger partial charge in [-0.15, -0.1) is 0 Å². The lowest BCUT2D eigenvalue weighted by Gasteiger charge is -2.07. The fourth-order valence-electron chi connectivity index (χ4n) is 4.62. The SMILES string of the molecule is C=CC(=O)OCCOc1ccc(C=Cc2ccc(OC(=O)CCOC(=O)C=C)cc2)cc1.C=CC(=O)OCCOc1ccc(C=Cc2ccc(OCCOC(=O)C=C)cc2)cc1. The molecule has 4 rings (SSSR count). The zero-order chi connectivity index (χ0) is 44.8. The summed E-state index contributed by atoms with van der Waals surface area (Å²) in [5.74, 6) is -0.0185. The fraction of sp³-hybridized carbons (Fsp3) is 0.163. The van der Waals surface area contributed by atoms with E-state index in [0.29, 0.717) is 23.0 Å². The predicted octanol–water partition coefficient (Wildman–Crippen LogP) is 8.06. The van der Waals surface area contributed by atoms with Gasteiger partial charge in [0.15, 0.2) is 0 Å². The summed E-state index contributed by atoms with van der Waals surface area (Å²) >= 11 is 0. The van der Waals surface area contributed by atoms with Gasteiger partial charge in [0.2, 0.25) is 0 Å². The Balaban J connectivity index is 0.000000331. The highest BCUT2D eigenvalue weighted by Gasteiger charge is 2.07. The van der Waals surface area contributed by atoms with Gasteiger partial charge >= 0.3 is 29.8 Å². The van der Waals surface area contributed by atoms with Crippen LogP contribution in [-0.4, -0.2) is 76.1 Å². The van der Waals surface area contributed by atoms with Crippen LogP contribution in [-0.2, 0) is 42.9 Å². The fourth-order valence-corrected chi connectivity index (χ4v) is 4.62. The van der Waals surface area contributed by atoms with Crippen LogP contribution in [0.4, 0.5) is 0 Å². The Labute approximate surface area is 360 Å². The molecule has 0 heterocycles. The summed E-state index contributed by atoms with van der Waals surface area (Å²) in [5.41, 5.74) is 3.93. The minimum atomic E-state index is -0.581. The summed E-state index contributed by atoms with van der Waals surface area (Å²) in [6, 6.07) is 29.6. The molecule has 0 spiro atoms. The highest BCUT2D eigenvalue weighted by Crippen LogP contribution is 2.19. The van der Waals surface area contributed by atoms with E-state index in [4.69, 9.17) is 37.9 Å². The highest BCUT2D eigenvalue weighted by molar-refractivity contribution is 5.82. The van der Waals surface area contributed by atoms with Gasteiger partial charge in [0, 0.05) is 24.3 Å². The Kier molecular flexibility index (Phi) is 22.3. The van der Waals surface area contributed by atoms with Gasteiger partial charge in [-0.2, -0.15) is 0 Å². The summed E-state index contributed by atoms with van der Waals surface area (Å²) in [4.78, 5) is 55.5. The predicted molar refractivity (Wildman–Crippen MR) is 235 cm³/mol. The highest BCUT2D eigenvalue weighted by atomic mass is 16.6. The first kappa shape index (κ1) is 48.4. The number of ether oxygens (including phenoxy) is 8. The molecule has 0 bridgehead atoms. The van der Waals surface area contributed by atoms with Gasteiger partial charge in [0.1, 0.15) is 69.2 Å². The van der Waals surface area contributed by atoms with Crippen LogP contribution in [0.1, 0.15) is 28.7 Å². The molecule has 0 aliphatic heterocycles. The lowest BCUT2D eigenvalue weighted by Crippen LogP contribution is -2.12. The van der Waals surface area contributed by atoms with Crippen molar-refractivity contribution in [2.24, 2.45) is 0 Å². The van der Waals surface area contributed by atoms with Crippen molar-refractivity contribution in [3.63, 3.8) is 0 Å². The van der Waals surface area contributed by atoms with E-state index >= 15 is 0 Å². The number of carbonyl (C=O) groups excluding carboxylic acids is 5. The quantitative estimate of drug-likeness (QED) is 0.0167. The van der Waals surface area contributed by atoms with Gasteiger partial charge in [0.25, 0.3) is 0 Å². The first-order valence-corrected chi connectivity index (χ1v) is 19.1. The average molecular weight is 845 g/mol. The van der Waals surface area contributed by atoms with Crippen LogP contribution in [0.2, 0.25) is 0 Å². The molecule has 13 nitrogen and oxygen atoms in total. The topological polar surface area (TPSA) is 159 Å². The van der Waals surface area contributed by atoms with E-state index in [1.54, 1.807) is 12.1 Å². The Morgan fingerprint density at radius 2 is 0.613 bits per heavy atom. The molecule has 0 aliphatic carbocycles. The van der Waals surface area contributed by atoms with E-state index < -0.39 is 29.8 Å². The third kappa shape index (κ3) is 20.7. The lowest BCUT2D eigenvalue weighted by atomic mass is 10.1. The monoisotopic (exact) mass is 844 g/mol. The standard InChI is InChI=1S/C25H24O7.C24H24O6/c1-3-23(26)30-16-15-25(28)32-22-13-9-20(10-14-22)6-5-19-7-11-21(12-8-19)29-17-18-31-24(27)4-2;1-3-23(25)29-17-15-27-21-11-7-19(8-12-21)5-6-20-9-13-22(14-10-20)28-16-18-30-24(26)4-2/h3-14H,1-2,15-18H2;3-14H,1-2,15-18H2. The van der Waals surface area contributed by atoms with Gasteiger partial charge in [-0.25, -0.2) is 19.2 Å². The van der Waals surface area contributed by atoms with E-state index in [-0.39, 0.29) is 52.7 Å². The summed E-state index contributed by atoms with van der Waals surface area (Å²) in [6.07, 6.45) is 12.2. The lowest BCUT2D eigenvalue weighted by molar-refractivity contribution is -0.142. The summed E-state index contributed by atoms with van der Waals surface area (Å²) in [6.45, 7) is 14.5. The maximum Gasteiger partial charge on any atom is 0.330 e. The summed E-state index contributed by atoms with van der Waals surface area (Å²) < 4.78 is 41.0. The minimum Gasteiger partial charge on any atom is -0.490 e. The molecular formula is C49H48O13. The molecular weight excluding hydrogens is 797 g/mol. The first-order valence-electron chi connectivity index (χ1n) is 19.1. The second-order valence-electron chi connectivity index (χ2n) is 12.2. The smallest absolute Gasteiger partial charge is 0.330 e. The molecule has 13 heteroatoms. The first-order chi connectivity index (χ1) is 30.1. The van der Waals surface area contributed by atoms with Gasteiger partial charge in [0.05, 0.1) is 6.42 Å². The molecule has 0 saturated heterocycles. The van der Waals surface area contributed by atoms with Crippen molar-refractivity contribution in [1.29, 1.82) is 0 Å². The van der Waals surface area contributed by atoms with E-state index in [2.05, 4.69) is 26.3 Å². The van der Waals surface area contributed by atoms with Crippen LogP contribution in [0, 0.1) is 0 Å². The van der Waals surface area contributed by atoms with E-state index in [0.717, 1.165) is 46.6 Å².